The maximum absolute atomic E-state index is 3.68. The molecule has 0 saturated heterocycles. The molecular formula is C12H25N3. The van der Waals surface area contributed by atoms with Gasteiger partial charge in [0, 0.05) is 38.8 Å². The fourth-order valence-corrected chi connectivity index (χ4v) is 1.37. The minimum absolute atomic E-state index is 0.585. The molecule has 0 bridgehead atoms. The van der Waals surface area contributed by atoms with Crippen LogP contribution in [-0.2, 0) is 0 Å². The summed E-state index contributed by atoms with van der Waals surface area (Å²) in [5.74, 6) is 0. The van der Waals surface area contributed by atoms with Crippen molar-refractivity contribution in [3.8, 4) is 0 Å². The third-order valence-electron chi connectivity index (χ3n) is 2.28. The van der Waals surface area contributed by atoms with Gasteiger partial charge in [0.2, 0.25) is 0 Å². The number of hydrogen-bond acceptors (Lipinski definition) is 3. The van der Waals surface area contributed by atoms with Crippen LogP contribution in [-0.4, -0.2) is 43.7 Å². The molecule has 0 unspecified atom stereocenters. The van der Waals surface area contributed by atoms with Gasteiger partial charge in [0.1, 0.15) is 0 Å². The highest BCUT2D eigenvalue weighted by Gasteiger charge is 2.07. The topological polar surface area (TPSA) is 27.3 Å². The monoisotopic (exact) mass is 211 g/mol. The molecule has 88 valence electrons. The van der Waals surface area contributed by atoms with Crippen LogP contribution in [0.5, 0.6) is 0 Å². The molecule has 15 heavy (non-hydrogen) atoms. The van der Waals surface area contributed by atoms with Gasteiger partial charge in [-0.05, 0) is 20.0 Å². The molecule has 0 amide bonds. The lowest BCUT2D eigenvalue weighted by atomic mass is 10.3. The van der Waals surface area contributed by atoms with Gasteiger partial charge in [-0.3, -0.25) is 4.90 Å². The number of hydrogen-bond donors (Lipinski definition) is 2. The molecule has 0 aromatic rings. The zero-order chi connectivity index (χ0) is 11.5. The first-order chi connectivity index (χ1) is 7.22. The van der Waals surface area contributed by atoms with Crippen LogP contribution in [0.25, 0.3) is 0 Å². The van der Waals surface area contributed by atoms with E-state index in [-0.39, 0.29) is 0 Å². The second kappa shape index (κ2) is 9.74. The maximum atomic E-state index is 3.68. The summed E-state index contributed by atoms with van der Waals surface area (Å²) < 4.78 is 0. The first-order valence-corrected chi connectivity index (χ1v) is 5.62. The van der Waals surface area contributed by atoms with Crippen molar-refractivity contribution < 1.29 is 0 Å². The van der Waals surface area contributed by atoms with E-state index in [1.807, 2.05) is 6.08 Å². The van der Waals surface area contributed by atoms with E-state index in [0.29, 0.717) is 6.04 Å². The smallest absolute Gasteiger partial charge is 0.0269 e. The molecule has 3 heteroatoms. The second-order valence-corrected chi connectivity index (χ2v) is 3.78. The summed E-state index contributed by atoms with van der Waals surface area (Å²) in [5, 5.41) is 6.43. The highest BCUT2D eigenvalue weighted by Crippen LogP contribution is 1.95. The number of nitrogens with zero attached hydrogens (tertiary/aromatic N) is 1. The molecule has 0 aromatic carbocycles. The molecule has 0 aromatic heterocycles. The molecule has 0 rings (SSSR count). The van der Waals surface area contributed by atoms with Crippen LogP contribution in [0.2, 0.25) is 0 Å². The summed E-state index contributed by atoms with van der Waals surface area (Å²) in [6.07, 6.45) is 3.63. The molecule has 0 fully saturated rings. The van der Waals surface area contributed by atoms with Crippen LogP contribution in [0.1, 0.15) is 13.8 Å². The van der Waals surface area contributed by atoms with Crippen LogP contribution in [0.15, 0.2) is 25.4 Å². The van der Waals surface area contributed by atoms with Crippen LogP contribution >= 0.6 is 0 Å². The summed E-state index contributed by atoms with van der Waals surface area (Å²) in [6, 6.07) is 0.585. The van der Waals surface area contributed by atoms with E-state index >= 15 is 0 Å². The van der Waals surface area contributed by atoms with Gasteiger partial charge in [0.05, 0.1) is 0 Å². The van der Waals surface area contributed by atoms with Crippen molar-refractivity contribution in [2.45, 2.75) is 19.9 Å². The van der Waals surface area contributed by atoms with E-state index < -0.39 is 0 Å². The molecule has 0 heterocycles. The van der Waals surface area contributed by atoms with Gasteiger partial charge in [-0.25, -0.2) is 0 Å². The normalized spacial score (nSPS) is 10.7. The Labute approximate surface area is 94.2 Å². The zero-order valence-corrected chi connectivity index (χ0v) is 10.1. The molecule has 2 N–H and O–H groups in total. The Balaban J connectivity index is 3.62. The zero-order valence-electron chi connectivity index (χ0n) is 10.1. The minimum Gasteiger partial charge on any atom is -0.390 e. The van der Waals surface area contributed by atoms with Crippen molar-refractivity contribution in [3.05, 3.63) is 25.4 Å². The Kier molecular flexibility index (Phi) is 9.22. The van der Waals surface area contributed by atoms with Crippen LogP contribution < -0.4 is 10.6 Å². The quantitative estimate of drug-likeness (QED) is 0.420. The number of nitrogens with one attached hydrogen (secondary N) is 2. The van der Waals surface area contributed by atoms with Gasteiger partial charge in [-0.15, -0.1) is 6.58 Å². The van der Waals surface area contributed by atoms with Crippen molar-refractivity contribution in [2.75, 3.05) is 32.7 Å². The molecule has 0 aliphatic rings. The predicted octanol–water partition coefficient (Wildman–Crippen LogP) is 1.21. The number of rotatable bonds is 10. The van der Waals surface area contributed by atoms with Crippen molar-refractivity contribution in [1.29, 1.82) is 0 Å². The van der Waals surface area contributed by atoms with E-state index in [1.165, 1.54) is 0 Å². The fraction of sp³-hybridized carbons (Fsp3) is 0.667. The second-order valence-electron chi connectivity index (χ2n) is 3.78. The standard InChI is InChI=1S/C12H25N3/c1-5-7-14-9-11-15(12(3)4)10-8-13-6-2/h5-6,12-14H,1-2,7-11H2,3-4H3. The highest BCUT2D eigenvalue weighted by atomic mass is 15.2. The third kappa shape index (κ3) is 8.21. The van der Waals surface area contributed by atoms with Gasteiger partial charge in [-0.1, -0.05) is 12.7 Å². The summed E-state index contributed by atoms with van der Waals surface area (Å²) in [5.41, 5.74) is 0. The van der Waals surface area contributed by atoms with E-state index in [1.54, 1.807) is 6.20 Å². The van der Waals surface area contributed by atoms with Gasteiger partial charge in [-0.2, -0.15) is 0 Å². The van der Waals surface area contributed by atoms with Crippen LogP contribution in [0, 0.1) is 0 Å². The summed E-state index contributed by atoms with van der Waals surface area (Å²) >= 11 is 0. The average Bonchev–Trinajstić information content (AvgIpc) is 2.21. The van der Waals surface area contributed by atoms with Crippen molar-refractivity contribution in [3.63, 3.8) is 0 Å². The Morgan fingerprint density at radius 3 is 2.40 bits per heavy atom. The predicted molar refractivity (Wildman–Crippen MR) is 68.0 cm³/mol. The third-order valence-corrected chi connectivity index (χ3v) is 2.28. The average molecular weight is 211 g/mol. The van der Waals surface area contributed by atoms with E-state index in [9.17, 15) is 0 Å². The summed E-state index contributed by atoms with van der Waals surface area (Å²) in [6.45, 7) is 16.7. The molecule has 0 aliphatic heterocycles. The van der Waals surface area contributed by atoms with E-state index in [2.05, 4.69) is 42.5 Å². The molecule has 0 aliphatic carbocycles. The Morgan fingerprint density at radius 2 is 1.87 bits per heavy atom. The van der Waals surface area contributed by atoms with Gasteiger partial charge in [0.25, 0.3) is 0 Å². The van der Waals surface area contributed by atoms with Crippen molar-refractivity contribution >= 4 is 0 Å². The van der Waals surface area contributed by atoms with Crippen molar-refractivity contribution in [2.24, 2.45) is 0 Å². The van der Waals surface area contributed by atoms with Gasteiger partial charge < -0.3 is 10.6 Å². The van der Waals surface area contributed by atoms with E-state index in [4.69, 9.17) is 0 Å². The molecule has 3 nitrogen and oxygen atoms in total. The van der Waals surface area contributed by atoms with Crippen LogP contribution in [0.3, 0.4) is 0 Å². The fourth-order valence-electron chi connectivity index (χ4n) is 1.37. The van der Waals surface area contributed by atoms with Gasteiger partial charge in [0.15, 0.2) is 0 Å². The van der Waals surface area contributed by atoms with Crippen LogP contribution in [0.4, 0.5) is 0 Å². The molecule has 0 radical (unpaired) electrons. The van der Waals surface area contributed by atoms with Crippen molar-refractivity contribution in [1.82, 2.24) is 15.5 Å². The Hall–Kier alpha value is -0.800. The summed E-state index contributed by atoms with van der Waals surface area (Å²) in [4.78, 5) is 2.44. The first-order valence-electron chi connectivity index (χ1n) is 5.62. The molecular weight excluding hydrogens is 186 g/mol. The van der Waals surface area contributed by atoms with E-state index in [0.717, 1.165) is 32.7 Å². The lowest BCUT2D eigenvalue weighted by Gasteiger charge is -2.26. The first kappa shape index (κ1) is 14.2. The SMILES string of the molecule is C=CCNCCN(CCNC=C)C(C)C. The maximum Gasteiger partial charge on any atom is 0.0269 e. The Bertz CT molecular complexity index is 166. The molecule has 0 spiro atoms. The molecule has 0 atom stereocenters. The summed E-state index contributed by atoms with van der Waals surface area (Å²) in [7, 11) is 0. The van der Waals surface area contributed by atoms with Gasteiger partial charge >= 0.3 is 0 Å². The largest absolute Gasteiger partial charge is 0.390 e. The minimum atomic E-state index is 0.585. The lowest BCUT2D eigenvalue weighted by molar-refractivity contribution is 0.226. The Morgan fingerprint density at radius 1 is 1.20 bits per heavy atom. The molecule has 0 saturated carbocycles. The highest BCUT2D eigenvalue weighted by molar-refractivity contribution is 4.72. The lowest BCUT2D eigenvalue weighted by Crippen LogP contribution is -2.40.